The molecule has 0 aromatic heterocycles. The maximum atomic E-state index is 13.8. The summed E-state index contributed by atoms with van der Waals surface area (Å²) in [5.41, 5.74) is 1.41. The molecule has 0 heterocycles. The van der Waals surface area contributed by atoms with Gasteiger partial charge in [0.15, 0.2) is 11.5 Å². The van der Waals surface area contributed by atoms with Gasteiger partial charge in [0.05, 0.1) is 13.2 Å². The summed E-state index contributed by atoms with van der Waals surface area (Å²) in [7, 11) is 0. The third kappa shape index (κ3) is 5.44. The minimum absolute atomic E-state index is 0.0233. The first-order chi connectivity index (χ1) is 12.2. The maximum Gasteiger partial charge on any atom is 0.166 e. The molecule has 0 amide bonds. The Morgan fingerprint density at radius 2 is 1.80 bits per heavy atom. The lowest BCUT2D eigenvalue weighted by molar-refractivity contribution is 0.235. The Balaban J connectivity index is 2.18. The Kier molecular flexibility index (Phi) is 7.70. The molecule has 2 aromatic rings. The van der Waals surface area contributed by atoms with E-state index in [0.717, 1.165) is 12.0 Å². The largest absolute Gasteiger partial charge is 0.490 e. The number of hydrogen-bond acceptors (Lipinski definition) is 4. The molecule has 136 valence electrons. The second-order valence-corrected chi connectivity index (χ2v) is 5.73. The van der Waals surface area contributed by atoms with E-state index in [1.807, 2.05) is 32.0 Å². The number of hydrogen-bond donors (Lipinski definition) is 2. The highest BCUT2D eigenvalue weighted by molar-refractivity contribution is 5.46. The number of rotatable bonds is 10. The van der Waals surface area contributed by atoms with Crippen LogP contribution in [0.15, 0.2) is 42.5 Å². The topological polar surface area (TPSA) is 50.7 Å². The van der Waals surface area contributed by atoms with Crippen molar-refractivity contribution in [2.24, 2.45) is 0 Å². The van der Waals surface area contributed by atoms with Crippen LogP contribution in [0.2, 0.25) is 0 Å². The van der Waals surface area contributed by atoms with E-state index in [4.69, 9.17) is 9.47 Å². The van der Waals surface area contributed by atoms with Crippen molar-refractivity contribution in [3.63, 3.8) is 0 Å². The Bertz CT molecular complexity index is 659. The number of halogens is 1. The van der Waals surface area contributed by atoms with Gasteiger partial charge in [-0.3, -0.25) is 0 Å². The summed E-state index contributed by atoms with van der Waals surface area (Å²) in [6.07, 6.45) is 0.826. The lowest BCUT2D eigenvalue weighted by Crippen LogP contribution is -2.31. The maximum absolute atomic E-state index is 13.8. The quantitative estimate of drug-likeness (QED) is 0.689. The number of ether oxygens (including phenoxy) is 2. The van der Waals surface area contributed by atoms with Crippen molar-refractivity contribution in [1.29, 1.82) is 0 Å². The fourth-order valence-electron chi connectivity index (χ4n) is 2.49. The number of benzene rings is 2. The standard InChI is InChI=1S/C20H26FNO3/c1-3-17(13-23)22-12-15-9-7-11-19(24-4-2)20(15)25-14-16-8-5-6-10-18(16)21/h5-11,17,22-23H,3-4,12-14H2,1-2H3. The molecule has 0 fully saturated rings. The molecule has 0 radical (unpaired) electrons. The molecule has 25 heavy (non-hydrogen) atoms. The van der Waals surface area contributed by atoms with Crippen LogP contribution in [0.1, 0.15) is 31.4 Å². The van der Waals surface area contributed by atoms with Crippen LogP contribution in [0.3, 0.4) is 0 Å². The van der Waals surface area contributed by atoms with Gasteiger partial charge in [0.25, 0.3) is 0 Å². The van der Waals surface area contributed by atoms with Gasteiger partial charge < -0.3 is 19.9 Å². The van der Waals surface area contributed by atoms with Crippen LogP contribution in [0.25, 0.3) is 0 Å². The molecule has 0 spiro atoms. The van der Waals surface area contributed by atoms with Gasteiger partial charge in [0.2, 0.25) is 0 Å². The summed E-state index contributed by atoms with van der Waals surface area (Å²) < 4.78 is 25.4. The van der Waals surface area contributed by atoms with Crippen LogP contribution in [-0.2, 0) is 13.2 Å². The molecule has 5 heteroatoms. The van der Waals surface area contributed by atoms with Gasteiger partial charge in [-0.1, -0.05) is 37.3 Å². The molecule has 1 unspecified atom stereocenters. The normalized spacial score (nSPS) is 12.0. The number of nitrogens with one attached hydrogen (secondary N) is 1. The predicted octanol–water partition coefficient (Wildman–Crippen LogP) is 3.66. The zero-order valence-corrected chi connectivity index (χ0v) is 14.8. The van der Waals surface area contributed by atoms with Gasteiger partial charge >= 0.3 is 0 Å². The van der Waals surface area contributed by atoms with Crippen molar-refractivity contribution >= 4 is 0 Å². The zero-order valence-electron chi connectivity index (χ0n) is 14.8. The smallest absolute Gasteiger partial charge is 0.166 e. The first-order valence-corrected chi connectivity index (χ1v) is 8.64. The molecule has 2 aromatic carbocycles. The third-order valence-electron chi connectivity index (χ3n) is 3.98. The highest BCUT2D eigenvalue weighted by Gasteiger charge is 2.14. The summed E-state index contributed by atoms with van der Waals surface area (Å²) >= 11 is 0. The zero-order chi connectivity index (χ0) is 18.1. The van der Waals surface area contributed by atoms with Gasteiger partial charge in [-0.15, -0.1) is 0 Å². The molecule has 1 atom stereocenters. The van der Waals surface area contributed by atoms with Crippen molar-refractivity contribution in [2.75, 3.05) is 13.2 Å². The summed E-state index contributed by atoms with van der Waals surface area (Å²) in [6.45, 7) is 5.17. The molecule has 0 aliphatic carbocycles. The molecular weight excluding hydrogens is 321 g/mol. The average Bonchev–Trinajstić information content (AvgIpc) is 2.63. The first kappa shape index (κ1) is 19.2. The molecule has 0 aliphatic heterocycles. The summed E-state index contributed by atoms with van der Waals surface area (Å²) in [6, 6.07) is 12.3. The molecule has 0 bridgehead atoms. The number of aliphatic hydroxyl groups is 1. The van der Waals surface area contributed by atoms with Crippen molar-refractivity contribution in [3.8, 4) is 11.5 Å². The molecule has 2 N–H and O–H groups in total. The van der Waals surface area contributed by atoms with Gasteiger partial charge in [0, 0.05) is 23.7 Å². The lowest BCUT2D eigenvalue weighted by Gasteiger charge is -2.19. The predicted molar refractivity (Wildman–Crippen MR) is 96.3 cm³/mol. The number of para-hydroxylation sites is 1. The molecule has 2 rings (SSSR count). The van der Waals surface area contributed by atoms with Crippen LogP contribution in [0, 0.1) is 5.82 Å². The van der Waals surface area contributed by atoms with E-state index in [1.54, 1.807) is 18.2 Å². The Morgan fingerprint density at radius 3 is 2.48 bits per heavy atom. The minimum Gasteiger partial charge on any atom is -0.490 e. The van der Waals surface area contributed by atoms with E-state index in [9.17, 15) is 9.50 Å². The van der Waals surface area contributed by atoms with Gasteiger partial charge in [-0.25, -0.2) is 4.39 Å². The van der Waals surface area contributed by atoms with Crippen molar-refractivity contribution < 1.29 is 19.0 Å². The molecule has 0 saturated heterocycles. The highest BCUT2D eigenvalue weighted by atomic mass is 19.1. The first-order valence-electron chi connectivity index (χ1n) is 8.64. The SMILES string of the molecule is CCOc1cccc(CNC(CC)CO)c1OCc1ccccc1F. The van der Waals surface area contributed by atoms with Gasteiger partial charge in [-0.2, -0.15) is 0 Å². The molecule has 0 aliphatic rings. The minimum atomic E-state index is -0.289. The number of aliphatic hydroxyl groups excluding tert-OH is 1. The van der Waals surface area contributed by atoms with E-state index >= 15 is 0 Å². The van der Waals surface area contributed by atoms with Crippen molar-refractivity contribution in [3.05, 3.63) is 59.4 Å². The molecule has 4 nitrogen and oxygen atoms in total. The van der Waals surface area contributed by atoms with E-state index in [0.29, 0.717) is 30.2 Å². The van der Waals surface area contributed by atoms with Crippen molar-refractivity contribution in [1.82, 2.24) is 5.32 Å². The average molecular weight is 347 g/mol. The van der Waals surface area contributed by atoms with E-state index in [2.05, 4.69) is 5.32 Å². The van der Waals surface area contributed by atoms with Crippen LogP contribution in [0.5, 0.6) is 11.5 Å². The highest BCUT2D eigenvalue weighted by Crippen LogP contribution is 2.32. The summed E-state index contributed by atoms with van der Waals surface area (Å²) in [4.78, 5) is 0. The Labute approximate surface area is 148 Å². The Hall–Kier alpha value is -2.11. The van der Waals surface area contributed by atoms with Gasteiger partial charge in [-0.05, 0) is 25.5 Å². The van der Waals surface area contributed by atoms with Crippen LogP contribution in [0.4, 0.5) is 4.39 Å². The van der Waals surface area contributed by atoms with E-state index in [-0.39, 0.29) is 25.1 Å². The van der Waals surface area contributed by atoms with Crippen molar-refractivity contribution in [2.45, 2.75) is 39.5 Å². The fraction of sp³-hybridized carbons (Fsp3) is 0.400. The van der Waals surface area contributed by atoms with Crippen LogP contribution < -0.4 is 14.8 Å². The lowest BCUT2D eigenvalue weighted by atomic mass is 10.1. The van der Waals surface area contributed by atoms with E-state index < -0.39 is 0 Å². The Morgan fingerprint density at radius 1 is 1.04 bits per heavy atom. The fourth-order valence-corrected chi connectivity index (χ4v) is 2.49. The second-order valence-electron chi connectivity index (χ2n) is 5.73. The van der Waals surface area contributed by atoms with Crippen LogP contribution in [-0.4, -0.2) is 24.4 Å². The summed E-state index contributed by atoms with van der Waals surface area (Å²) in [5, 5.41) is 12.6. The monoisotopic (exact) mass is 347 g/mol. The molecular formula is C20H26FNO3. The second kappa shape index (κ2) is 10.0. The van der Waals surface area contributed by atoms with Gasteiger partial charge in [0.1, 0.15) is 12.4 Å². The van der Waals surface area contributed by atoms with E-state index in [1.165, 1.54) is 6.07 Å². The summed E-state index contributed by atoms with van der Waals surface area (Å²) in [5.74, 6) is 0.950. The van der Waals surface area contributed by atoms with Crippen LogP contribution >= 0.6 is 0 Å². The molecule has 0 saturated carbocycles. The third-order valence-corrected chi connectivity index (χ3v) is 3.98.